The van der Waals surface area contributed by atoms with Crippen molar-refractivity contribution in [3.63, 3.8) is 0 Å². The van der Waals surface area contributed by atoms with Crippen LogP contribution in [0.15, 0.2) is 42.6 Å². The minimum absolute atomic E-state index is 0.796. The number of aryl methyl sites for hydroxylation is 2. The van der Waals surface area contributed by atoms with Gasteiger partial charge in [-0.1, -0.05) is 24.3 Å². The number of pyridine rings is 1. The van der Waals surface area contributed by atoms with E-state index in [2.05, 4.69) is 44.5 Å². The fourth-order valence-corrected chi connectivity index (χ4v) is 2.50. The molecule has 21 heavy (non-hydrogen) atoms. The molecule has 0 radical (unpaired) electrons. The first-order valence-electron chi connectivity index (χ1n) is 7.11. The van der Waals surface area contributed by atoms with Gasteiger partial charge >= 0.3 is 0 Å². The summed E-state index contributed by atoms with van der Waals surface area (Å²) in [5.41, 5.74) is 3.32. The van der Waals surface area contributed by atoms with Gasteiger partial charge in [-0.25, -0.2) is 9.97 Å². The number of benzene rings is 1. The van der Waals surface area contributed by atoms with E-state index in [1.165, 1.54) is 10.9 Å². The van der Waals surface area contributed by atoms with Crippen LogP contribution in [0.4, 0.5) is 5.82 Å². The molecule has 2 aromatic heterocycles. The molecule has 0 amide bonds. The van der Waals surface area contributed by atoms with Gasteiger partial charge in [0.1, 0.15) is 11.6 Å². The summed E-state index contributed by atoms with van der Waals surface area (Å²) in [5, 5.41) is 4.54. The Morgan fingerprint density at radius 1 is 1.05 bits per heavy atom. The average molecular weight is 278 g/mol. The molecule has 4 nitrogen and oxygen atoms in total. The zero-order valence-corrected chi connectivity index (χ0v) is 12.3. The number of rotatable bonds is 4. The summed E-state index contributed by atoms with van der Waals surface area (Å²) in [6, 6.07) is 12.3. The average Bonchev–Trinajstić information content (AvgIpc) is 2.46. The first-order chi connectivity index (χ1) is 10.2. The Hall–Kier alpha value is -2.49. The fourth-order valence-electron chi connectivity index (χ4n) is 2.50. The van der Waals surface area contributed by atoms with Crippen LogP contribution in [-0.2, 0) is 6.42 Å². The molecule has 106 valence electrons. The molecule has 3 rings (SSSR count). The number of hydrogen-bond donors (Lipinski definition) is 1. The van der Waals surface area contributed by atoms with E-state index >= 15 is 0 Å². The molecule has 3 aromatic rings. The van der Waals surface area contributed by atoms with Crippen molar-refractivity contribution < 1.29 is 0 Å². The van der Waals surface area contributed by atoms with Crippen molar-refractivity contribution in [1.29, 1.82) is 0 Å². The van der Waals surface area contributed by atoms with Gasteiger partial charge in [0.25, 0.3) is 0 Å². The SMILES string of the molecule is Cc1cc(NCCc2cccc3cccnc23)nc(C)n1. The zero-order valence-electron chi connectivity index (χ0n) is 12.3. The second-order valence-electron chi connectivity index (χ2n) is 5.11. The van der Waals surface area contributed by atoms with Crippen molar-refractivity contribution in [1.82, 2.24) is 15.0 Å². The van der Waals surface area contributed by atoms with Crippen molar-refractivity contribution >= 4 is 16.7 Å². The van der Waals surface area contributed by atoms with Crippen molar-refractivity contribution in [3.05, 3.63) is 59.7 Å². The van der Waals surface area contributed by atoms with E-state index in [1.54, 1.807) is 0 Å². The summed E-state index contributed by atoms with van der Waals surface area (Å²) in [6.07, 6.45) is 2.76. The van der Waals surface area contributed by atoms with Gasteiger partial charge in [0.15, 0.2) is 0 Å². The lowest BCUT2D eigenvalue weighted by molar-refractivity contribution is 0.968. The van der Waals surface area contributed by atoms with Gasteiger partial charge in [-0.2, -0.15) is 0 Å². The second kappa shape index (κ2) is 5.87. The van der Waals surface area contributed by atoms with Gasteiger partial charge in [0, 0.05) is 29.9 Å². The van der Waals surface area contributed by atoms with Crippen LogP contribution < -0.4 is 5.32 Å². The van der Waals surface area contributed by atoms with Crippen LogP contribution in [0.3, 0.4) is 0 Å². The minimum Gasteiger partial charge on any atom is -0.370 e. The Kier molecular flexibility index (Phi) is 3.77. The highest BCUT2D eigenvalue weighted by atomic mass is 15.0. The molecule has 0 fully saturated rings. The Morgan fingerprint density at radius 3 is 2.76 bits per heavy atom. The van der Waals surface area contributed by atoms with Gasteiger partial charge in [0.2, 0.25) is 0 Å². The first-order valence-corrected chi connectivity index (χ1v) is 7.11. The number of nitrogens with one attached hydrogen (secondary N) is 1. The van der Waals surface area contributed by atoms with Crippen molar-refractivity contribution in [2.45, 2.75) is 20.3 Å². The van der Waals surface area contributed by atoms with Crippen LogP contribution in [0, 0.1) is 13.8 Å². The molecule has 0 bridgehead atoms. The zero-order chi connectivity index (χ0) is 14.7. The molecule has 0 aliphatic heterocycles. The van der Waals surface area contributed by atoms with Gasteiger partial charge in [-0.3, -0.25) is 4.98 Å². The van der Waals surface area contributed by atoms with Crippen LogP contribution in [0.2, 0.25) is 0 Å². The van der Waals surface area contributed by atoms with Crippen LogP contribution >= 0.6 is 0 Å². The van der Waals surface area contributed by atoms with Gasteiger partial charge in [-0.15, -0.1) is 0 Å². The quantitative estimate of drug-likeness (QED) is 0.795. The fraction of sp³-hybridized carbons (Fsp3) is 0.235. The van der Waals surface area contributed by atoms with E-state index in [1.807, 2.05) is 32.2 Å². The van der Waals surface area contributed by atoms with Crippen molar-refractivity contribution in [2.75, 3.05) is 11.9 Å². The van der Waals surface area contributed by atoms with Gasteiger partial charge < -0.3 is 5.32 Å². The van der Waals surface area contributed by atoms with Crippen molar-refractivity contribution in [3.8, 4) is 0 Å². The van der Waals surface area contributed by atoms with E-state index in [0.717, 1.165) is 35.8 Å². The molecule has 0 saturated carbocycles. The van der Waals surface area contributed by atoms with Crippen LogP contribution in [-0.4, -0.2) is 21.5 Å². The second-order valence-corrected chi connectivity index (χ2v) is 5.11. The number of aromatic nitrogens is 3. The van der Waals surface area contributed by atoms with E-state index < -0.39 is 0 Å². The predicted octanol–water partition coefficient (Wildman–Crippen LogP) is 3.30. The van der Waals surface area contributed by atoms with Crippen LogP contribution in [0.25, 0.3) is 10.9 Å². The summed E-state index contributed by atoms with van der Waals surface area (Å²) in [4.78, 5) is 13.2. The molecule has 2 heterocycles. The number of fused-ring (bicyclic) bond motifs is 1. The highest BCUT2D eigenvalue weighted by Crippen LogP contribution is 2.16. The molecule has 4 heteroatoms. The van der Waals surface area contributed by atoms with E-state index in [4.69, 9.17) is 0 Å². The third-order valence-corrected chi connectivity index (χ3v) is 3.38. The Balaban J connectivity index is 1.72. The molecule has 0 aliphatic rings. The Bertz CT molecular complexity index is 742. The first kappa shape index (κ1) is 13.5. The summed E-state index contributed by atoms with van der Waals surface area (Å²) in [7, 11) is 0. The summed E-state index contributed by atoms with van der Waals surface area (Å²) in [6.45, 7) is 4.72. The topological polar surface area (TPSA) is 50.7 Å². The highest BCUT2D eigenvalue weighted by molar-refractivity contribution is 5.81. The number of anilines is 1. The predicted molar refractivity (Wildman–Crippen MR) is 85.4 cm³/mol. The molecule has 0 aliphatic carbocycles. The third kappa shape index (κ3) is 3.16. The van der Waals surface area contributed by atoms with Gasteiger partial charge in [-0.05, 0) is 31.9 Å². The molecule has 1 N–H and O–H groups in total. The number of hydrogen-bond acceptors (Lipinski definition) is 4. The normalized spacial score (nSPS) is 10.8. The number of para-hydroxylation sites is 1. The minimum atomic E-state index is 0.796. The van der Waals surface area contributed by atoms with Crippen LogP contribution in [0.5, 0.6) is 0 Å². The summed E-state index contributed by atoms with van der Waals surface area (Å²) < 4.78 is 0. The molecule has 0 spiro atoms. The van der Waals surface area contributed by atoms with Crippen molar-refractivity contribution in [2.24, 2.45) is 0 Å². The maximum atomic E-state index is 4.48. The monoisotopic (exact) mass is 278 g/mol. The molecule has 0 unspecified atom stereocenters. The maximum Gasteiger partial charge on any atom is 0.129 e. The standard InChI is InChI=1S/C17H18N4/c1-12-11-16(21-13(2)20-12)18-10-8-15-6-3-5-14-7-4-9-19-17(14)15/h3-7,9,11H,8,10H2,1-2H3,(H,18,20,21). The Morgan fingerprint density at radius 2 is 1.90 bits per heavy atom. The lowest BCUT2D eigenvalue weighted by Gasteiger charge is -2.08. The molecular formula is C17H18N4. The highest BCUT2D eigenvalue weighted by Gasteiger charge is 2.02. The summed E-state index contributed by atoms with van der Waals surface area (Å²) >= 11 is 0. The lowest BCUT2D eigenvalue weighted by Crippen LogP contribution is -2.08. The number of nitrogens with zero attached hydrogens (tertiary/aromatic N) is 3. The Labute approximate surface area is 124 Å². The molecule has 1 aromatic carbocycles. The van der Waals surface area contributed by atoms with E-state index in [9.17, 15) is 0 Å². The maximum absolute atomic E-state index is 4.48. The van der Waals surface area contributed by atoms with E-state index in [-0.39, 0.29) is 0 Å². The lowest BCUT2D eigenvalue weighted by atomic mass is 10.1. The smallest absolute Gasteiger partial charge is 0.129 e. The van der Waals surface area contributed by atoms with E-state index in [0.29, 0.717) is 0 Å². The summed E-state index contributed by atoms with van der Waals surface area (Å²) in [5.74, 6) is 1.68. The third-order valence-electron chi connectivity index (χ3n) is 3.38. The van der Waals surface area contributed by atoms with Gasteiger partial charge in [0.05, 0.1) is 5.52 Å². The molecule has 0 saturated heterocycles. The molecular weight excluding hydrogens is 260 g/mol. The largest absolute Gasteiger partial charge is 0.370 e. The molecule has 0 atom stereocenters. The van der Waals surface area contributed by atoms with Crippen LogP contribution in [0.1, 0.15) is 17.1 Å².